The molecule has 0 aliphatic carbocycles. The summed E-state index contributed by atoms with van der Waals surface area (Å²) in [6.07, 6.45) is 0. The Labute approximate surface area is 89.4 Å². The van der Waals surface area contributed by atoms with E-state index in [-0.39, 0.29) is 19.5 Å². The molecule has 0 amide bonds. The molecule has 0 aromatic heterocycles. The van der Waals surface area contributed by atoms with Gasteiger partial charge in [0.25, 0.3) is 0 Å². The van der Waals surface area contributed by atoms with Crippen molar-refractivity contribution >= 4 is 25.3 Å². The third-order valence-corrected chi connectivity index (χ3v) is 0. The number of nitrogens with zero attached hydrogens (tertiary/aromatic N) is 2. The summed E-state index contributed by atoms with van der Waals surface area (Å²) < 4.78 is 0. The van der Waals surface area contributed by atoms with Crippen LogP contribution in [0.25, 0.3) is 11.7 Å². The van der Waals surface area contributed by atoms with Crippen molar-refractivity contribution < 1.29 is 19.5 Å². The second-order valence-electron chi connectivity index (χ2n) is 0.183. The van der Waals surface area contributed by atoms with E-state index in [1.165, 1.54) is 10.8 Å². The molecule has 0 bridgehead atoms. The first-order chi connectivity index (χ1) is 4.83. The molecule has 9 heteroatoms. The first kappa shape index (κ1) is 30.7. The summed E-state index contributed by atoms with van der Waals surface area (Å²) in [4.78, 5) is 0. The minimum Gasteiger partial charge on any atom is -0.696 e. The van der Waals surface area contributed by atoms with E-state index in [9.17, 15) is 0 Å². The molecule has 11 heavy (non-hydrogen) atoms. The molecule has 6 N–H and O–H groups in total. The zero-order chi connectivity index (χ0) is 9.41. The maximum atomic E-state index is 7.13. The van der Waals surface area contributed by atoms with Crippen molar-refractivity contribution in [2.24, 2.45) is 11.7 Å². The second-order valence-corrected chi connectivity index (χ2v) is 0.548. The van der Waals surface area contributed by atoms with E-state index in [4.69, 9.17) is 22.2 Å². The number of thiocyanates is 2. The minimum atomic E-state index is 0. The average Bonchev–Trinajstić information content (AvgIpc) is 1.99. The fraction of sp³-hybridized carbons (Fsp3) is 0. The molecule has 0 radical (unpaired) electrons. The molecule has 0 rings (SSSR count). The molecule has 0 spiro atoms. The minimum absolute atomic E-state index is 0. The van der Waals surface area contributed by atoms with E-state index in [1.54, 1.807) is 0 Å². The van der Waals surface area contributed by atoms with Crippen LogP contribution in [0, 0.1) is 21.3 Å². The van der Waals surface area contributed by atoms with Crippen molar-refractivity contribution in [3.63, 3.8) is 0 Å². The van der Waals surface area contributed by atoms with Gasteiger partial charge >= 0.3 is 0 Å². The fourth-order valence-corrected chi connectivity index (χ4v) is 0. The van der Waals surface area contributed by atoms with Crippen molar-refractivity contribution in [3.05, 3.63) is 11.7 Å². The second kappa shape index (κ2) is 220. The first-order valence-corrected chi connectivity index (χ1v) is 2.25. The van der Waals surface area contributed by atoms with Crippen molar-refractivity contribution in [3.8, 4) is 10.8 Å². The molecule has 0 heterocycles. The van der Waals surface area contributed by atoms with Crippen molar-refractivity contribution in [2.75, 3.05) is 0 Å². The maximum Gasteiger partial charge on any atom is 0 e. The van der Waals surface area contributed by atoms with Gasteiger partial charge in [-0.05, 0) is 0 Å². The Bertz CT molecular complexity index is 73.6. The van der Waals surface area contributed by atoms with E-state index >= 15 is 0 Å². The van der Waals surface area contributed by atoms with Crippen molar-refractivity contribution in [1.29, 1.82) is 10.5 Å². The Morgan fingerprint density at radius 3 is 0.909 bits per heavy atom. The molecule has 6 nitrogen and oxygen atoms in total. The van der Waals surface area contributed by atoms with E-state index in [0.29, 0.717) is 0 Å². The Morgan fingerprint density at radius 1 is 0.909 bits per heavy atom. The molecule has 0 atom stereocenters. The van der Waals surface area contributed by atoms with Gasteiger partial charge in [-0.1, -0.05) is 10.8 Å². The van der Waals surface area contributed by atoms with Crippen LogP contribution in [-0.2, 0) is 44.7 Å². The molecule has 0 aromatic carbocycles. The number of nitriles is 2. The quantitative estimate of drug-likeness (QED) is 0.199. The zero-order valence-corrected chi connectivity index (χ0v) is 10.2. The largest absolute Gasteiger partial charge is 0.696 e. The predicted octanol–water partition coefficient (Wildman–Crippen LogP) is -0.149. The van der Waals surface area contributed by atoms with Crippen LogP contribution in [0.1, 0.15) is 0 Å². The molecule has 0 fully saturated rings. The van der Waals surface area contributed by atoms with Crippen LogP contribution in [0.15, 0.2) is 0 Å². The van der Waals surface area contributed by atoms with Gasteiger partial charge in [0.2, 0.25) is 0 Å². The molecule has 62 valence electrons. The summed E-state index contributed by atoms with van der Waals surface area (Å²) in [6, 6.07) is 0. The molecular formula is C2H6N6S2Zn-4. The smallest absolute Gasteiger partial charge is 0 e. The van der Waals surface area contributed by atoms with Gasteiger partial charge in [0.05, 0.1) is 0 Å². The van der Waals surface area contributed by atoms with Gasteiger partial charge in [-0.3, -0.25) is 0 Å². The summed E-state index contributed by atoms with van der Waals surface area (Å²) in [7, 11) is 0. The molecule has 0 unspecified atom stereocenters. The zero-order valence-electron chi connectivity index (χ0n) is 5.57. The number of rotatable bonds is 0. The molecule has 0 aliphatic rings. The van der Waals surface area contributed by atoms with E-state index in [2.05, 4.69) is 36.9 Å². The third-order valence-electron chi connectivity index (χ3n) is 0. The van der Waals surface area contributed by atoms with Crippen LogP contribution in [0.4, 0.5) is 0 Å². The van der Waals surface area contributed by atoms with Gasteiger partial charge in [0, 0.05) is 19.5 Å². The van der Waals surface area contributed by atoms with Crippen LogP contribution < -0.4 is 11.7 Å². The third kappa shape index (κ3) is 45200. The van der Waals surface area contributed by atoms with Gasteiger partial charge in [-0.25, -0.2) is 10.5 Å². The van der Waals surface area contributed by atoms with Crippen LogP contribution in [0.2, 0.25) is 0 Å². The van der Waals surface area contributed by atoms with Gasteiger partial charge in [-0.2, -0.15) is 0 Å². The number of nitrogens with two attached hydrogens (primary N) is 2. The van der Waals surface area contributed by atoms with Gasteiger partial charge in [-0.15, -0.1) is 0 Å². The summed E-state index contributed by atoms with van der Waals surface area (Å²) >= 11 is 7.40. The summed E-state index contributed by atoms with van der Waals surface area (Å²) in [5.41, 5.74) is 0. The number of hydrogen-bond donors (Lipinski definition) is 2. The standard InChI is InChI=1S/2CHNS.2H3N2.Zn/c2*2-1-3;2*1-2;/h2*3H;2*1H,2H2;/q;;2*-1;/p-2. The van der Waals surface area contributed by atoms with Crippen LogP contribution in [0.3, 0.4) is 0 Å². The molecule has 0 aliphatic heterocycles. The van der Waals surface area contributed by atoms with Gasteiger partial charge < -0.3 is 48.6 Å². The Morgan fingerprint density at radius 2 is 0.909 bits per heavy atom. The summed E-state index contributed by atoms with van der Waals surface area (Å²) in [5, 5.41) is 16.9. The van der Waals surface area contributed by atoms with Crippen LogP contribution in [0.5, 0.6) is 0 Å². The normalized spacial score (nSPS) is 2.36. The molecule has 0 saturated heterocycles. The molecule has 0 saturated carbocycles. The summed E-state index contributed by atoms with van der Waals surface area (Å²) in [5.74, 6) is 18.0. The number of nitrogens with one attached hydrogen (secondary N) is 2. The van der Waals surface area contributed by atoms with Gasteiger partial charge in [0.15, 0.2) is 0 Å². The van der Waals surface area contributed by atoms with Crippen molar-refractivity contribution in [2.45, 2.75) is 0 Å². The SMILES string of the molecule is N#C[S-].N#C[S-].[NH-]N.[NH-]N.[Zn]. The number of hydrogen-bond acceptors (Lipinski definition) is 6. The average molecular weight is 244 g/mol. The van der Waals surface area contributed by atoms with Crippen molar-refractivity contribution in [1.82, 2.24) is 0 Å². The fourth-order valence-electron chi connectivity index (χ4n) is 0. The first-order valence-electron chi connectivity index (χ1n) is 1.43. The Kier molecular flexibility index (Phi) is 614. The van der Waals surface area contributed by atoms with E-state index < -0.39 is 0 Å². The van der Waals surface area contributed by atoms with Crippen LogP contribution in [-0.4, -0.2) is 0 Å². The van der Waals surface area contributed by atoms with E-state index in [1.807, 2.05) is 0 Å². The molecule has 0 aromatic rings. The Hall–Kier alpha value is -0.117. The van der Waals surface area contributed by atoms with Gasteiger partial charge in [0.1, 0.15) is 0 Å². The monoisotopic (exact) mass is 242 g/mol. The molecular weight excluding hydrogens is 238 g/mol. The summed E-state index contributed by atoms with van der Waals surface area (Å²) in [6.45, 7) is 0. The predicted molar refractivity (Wildman–Crippen MR) is 43.0 cm³/mol. The topological polar surface area (TPSA) is 147 Å². The Balaban J connectivity index is -0.0000000144. The van der Waals surface area contributed by atoms with Crippen LogP contribution >= 0.6 is 0 Å². The maximum absolute atomic E-state index is 7.13. The van der Waals surface area contributed by atoms with E-state index in [0.717, 1.165) is 0 Å².